The van der Waals surface area contributed by atoms with Gasteiger partial charge in [-0.2, -0.15) is 26.3 Å². The molecule has 0 bridgehead atoms. The minimum absolute atomic E-state index is 0.00104. The third kappa shape index (κ3) is 9.28. The van der Waals surface area contributed by atoms with Crippen LogP contribution in [-0.2, 0) is 12.7 Å². The summed E-state index contributed by atoms with van der Waals surface area (Å²) in [7, 11) is 1.97. The number of amides is 1. The van der Waals surface area contributed by atoms with Crippen molar-refractivity contribution in [1.29, 1.82) is 10.8 Å². The van der Waals surface area contributed by atoms with Crippen molar-refractivity contribution in [2.75, 3.05) is 38.5 Å². The maximum atomic E-state index is 14.0. The van der Waals surface area contributed by atoms with Crippen LogP contribution in [0.2, 0.25) is 0 Å². The fourth-order valence-corrected chi connectivity index (χ4v) is 4.91. The molecule has 1 aliphatic heterocycles. The lowest BCUT2D eigenvalue weighted by Gasteiger charge is -2.33. The van der Waals surface area contributed by atoms with Gasteiger partial charge in [0.15, 0.2) is 0 Å². The Morgan fingerprint density at radius 1 is 1.02 bits per heavy atom. The zero-order valence-electron chi connectivity index (χ0n) is 25.2. The molecule has 4 rings (SSSR count). The first-order valence-corrected chi connectivity index (χ1v) is 14.5. The number of halogens is 6. The first-order valence-electron chi connectivity index (χ1n) is 14.5. The van der Waals surface area contributed by atoms with Gasteiger partial charge in [-0.1, -0.05) is 36.3 Å². The summed E-state index contributed by atoms with van der Waals surface area (Å²) in [4.78, 5) is 17.1. The summed E-state index contributed by atoms with van der Waals surface area (Å²) in [6.07, 6.45) is -3.14. The van der Waals surface area contributed by atoms with E-state index >= 15 is 0 Å². The number of hydrogen-bond donors (Lipinski definition) is 3. The number of aryl methyl sites for hydroxylation is 1. The van der Waals surface area contributed by atoms with Crippen LogP contribution in [0.3, 0.4) is 0 Å². The largest absolute Gasteiger partial charge is 0.416 e. The Balaban J connectivity index is 1.42. The first kappa shape index (κ1) is 34.4. The average molecular weight is 642 g/mol. The first-order chi connectivity index (χ1) is 21.6. The molecular formula is C34H33F6N5O. The lowest BCUT2D eigenvalue weighted by Crippen LogP contribution is -2.44. The average Bonchev–Trinajstić information content (AvgIpc) is 3.00. The quantitative estimate of drug-likeness (QED) is 0.173. The van der Waals surface area contributed by atoms with E-state index in [0.717, 1.165) is 25.2 Å². The lowest BCUT2D eigenvalue weighted by atomic mass is 9.94. The molecule has 2 aromatic carbocycles. The molecule has 1 saturated heterocycles. The maximum absolute atomic E-state index is 14.0. The van der Waals surface area contributed by atoms with Crippen LogP contribution in [0, 0.1) is 35.5 Å². The molecule has 1 heterocycles. The van der Waals surface area contributed by atoms with Gasteiger partial charge in [0.1, 0.15) is 5.71 Å². The molecule has 242 valence electrons. The number of nitrogens with one attached hydrogen (secondary N) is 3. The van der Waals surface area contributed by atoms with Gasteiger partial charge in [0, 0.05) is 49.5 Å². The number of allylic oxidation sites excluding steroid dienone is 6. The van der Waals surface area contributed by atoms with Crippen molar-refractivity contribution in [2.24, 2.45) is 5.92 Å². The minimum atomic E-state index is -4.60. The summed E-state index contributed by atoms with van der Waals surface area (Å²) in [6, 6.07) is 8.40. The zero-order chi connectivity index (χ0) is 33.6. The van der Waals surface area contributed by atoms with Crippen LogP contribution < -0.4 is 5.32 Å². The van der Waals surface area contributed by atoms with Crippen molar-refractivity contribution in [3.63, 3.8) is 0 Å². The van der Waals surface area contributed by atoms with Crippen LogP contribution in [0.25, 0.3) is 0 Å². The van der Waals surface area contributed by atoms with Crippen molar-refractivity contribution in [1.82, 2.24) is 9.80 Å². The molecule has 46 heavy (non-hydrogen) atoms. The monoisotopic (exact) mass is 641 g/mol. The van der Waals surface area contributed by atoms with E-state index in [2.05, 4.69) is 22.1 Å². The van der Waals surface area contributed by atoms with Crippen molar-refractivity contribution in [3.05, 3.63) is 100 Å². The predicted octanol–water partition coefficient (Wildman–Crippen LogP) is 7.03. The van der Waals surface area contributed by atoms with E-state index in [-0.39, 0.29) is 41.2 Å². The molecule has 1 unspecified atom stereocenters. The van der Waals surface area contributed by atoms with Gasteiger partial charge in [0.05, 0.1) is 17.2 Å². The predicted molar refractivity (Wildman–Crippen MR) is 166 cm³/mol. The molecule has 2 aliphatic rings. The molecule has 1 atom stereocenters. The Morgan fingerprint density at radius 3 is 2.37 bits per heavy atom. The third-order valence-electron chi connectivity index (χ3n) is 7.74. The maximum Gasteiger partial charge on any atom is 0.416 e. The summed E-state index contributed by atoms with van der Waals surface area (Å²) >= 11 is 0. The van der Waals surface area contributed by atoms with E-state index < -0.39 is 29.7 Å². The Morgan fingerprint density at radius 2 is 1.74 bits per heavy atom. The molecule has 0 spiro atoms. The van der Waals surface area contributed by atoms with Gasteiger partial charge in [0.2, 0.25) is 0 Å². The number of rotatable bonds is 7. The second-order valence-corrected chi connectivity index (χ2v) is 11.2. The molecule has 12 heteroatoms. The Hall–Kier alpha value is -4.47. The van der Waals surface area contributed by atoms with Gasteiger partial charge in [-0.15, -0.1) is 0 Å². The number of anilines is 1. The second-order valence-electron chi connectivity index (χ2n) is 11.2. The molecule has 1 amide bonds. The normalized spacial score (nSPS) is 17.7. The fourth-order valence-electron chi connectivity index (χ4n) is 4.91. The van der Waals surface area contributed by atoms with Crippen molar-refractivity contribution < 1.29 is 31.1 Å². The van der Waals surface area contributed by atoms with E-state index in [1.807, 2.05) is 11.9 Å². The van der Waals surface area contributed by atoms with E-state index in [1.54, 1.807) is 13.0 Å². The number of nitrogens with zero attached hydrogens (tertiary/aromatic N) is 2. The Kier molecular flexibility index (Phi) is 10.7. The molecule has 1 aliphatic carbocycles. The fraction of sp³-hybridized carbons (Fsp3) is 0.324. The summed E-state index contributed by atoms with van der Waals surface area (Å²) < 4.78 is 80.4. The molecule has 0 radical (unpaired) electrons. The van der Waals surface area contributed by atoms with Gasteiger partial charge < -0.3 is 15.6 Å². The summed E-state index contributed by atoms with van der Waals surface area (Å²) in [5.74, 6) is 3.18. The van der Waals surface area contributed by atoms with Crippen LogP contribution >= 0.6 is 0 Å². The van der Waals surface area contributed by atoms with Crippen molar-refractivity contribution in [2.45, 2.75) is 32.2 Å². The van der Waals surface area contributed by atoms with Gasteiger partial charge >= 0.3 is 12.4 Å². The molecular weight excluding hydrogens is 608 g/mol. The summed E-state index contributed by atoms with van der Waals surface area (Å²) in [6.45, 7) is 4.76. The standard InChI is InChI=1S/C34H33F6N5O/c1-22-3-4-25(19-24(22)7-11-28(41)12-14-31(42)23-5-9-27(10-6-23)33(35,36)37)32(46)43-29-13-8-26(30(20-29)34(38,39)40)21-45-17-15-44(2)16-18-45/h3-6,8-9,12-14,19-20,27,41-42H,10,15-18,21H2,1-2H3,(H,43,46)/b14-12-,41-28?,42-31?. The number of hydrogen-bond acceptors (Lipinski definition) is 5. The Labute approximate surface area is 263 Å². The molecule has 0 saturated carbocycles. The van der Waals surface area contributed by atoms with Crippen LogP contribution in [-0.4, -0.2) is 66.5 Å². The van der Waals surface area contributed by atoms with Crippen LogP contribution in [0.4, 0.5) is 32.0 Å². The molecule has 1 fully saturated rings. The van der Waals surface area contributed by atoms with E-state index in [0.29, 0.717) is 29.8 Å². The highest BCUT2D eigenvalue weighted by Crippen LogP contribution is 2.35. The lowest BCUT2D eigenvalue weighted by molar-refractivity contribution is -0.160. The topological polar surface area (TPSA) is 83.3 Å². The summed E-state index contributed by atoms with van der Waals surface area (Å²) in [5.41, 5.74) is 0.647. The van der Waals surface area contributed by atoms with E-state index in [9.17, 15) is 31.1 Å². The highest BCUT2D eigenvalue weighted by atomic mass is 19.4. The van der Waals surface area contributed by atoms with Gasteiger partial charge in [0.25, 0.3) is 5.91 Å². The highest BCUT2D eigenvalue weighted by Gasteiger charge is 2.38. The number of carbonyl (C=O) groups excluding carboxylic acids is 1. The number of benzene rings is 2. The van der Waals surface area contributed by atoms with Gasteiger partial charge in [-0.25, -0.2) is 0 Å². The Bertz CT molecular complexity index is 1650. The number of alkyl halides is 6. The number of likely N-dealkylation sites (N-methyl/N-ethyl adjacent to an activating group) is 1. The molecule has 6 nitrogen and oxygen atoms in total. The molecule has 3 N–H and O–H groups in total. The molecule has 2 aromatic rings. The minimum Gasteiger partial charge on any atom is -0.322 e. The number of piperazine rings is 1. The van der Waals surface area contributed by atoms with E-state index in [4.69, 9.17) is 10.8 Å². The summed E-state index contributed by atoms with van der Waals surface area (Å²) in [5, 5.41) is 18.7. The van der Waals surface area contributed by atoms with Crippen molar-refractivity contribution >= 4 is 23.0 Å². The third-order valence-corrected chi connectivity index (χ3v) is 7.74. The van der Waals surface area contributed by atoms with Crippen LogP contribution in [0.1, 0.15) is 39.0 Å². The van der Waals surface area contributed by atoms with Gasteiger partial charge in [-0.3, -0.25) is 15.1 Å². The second kappa shape index (κ2) is 14.3. The van der Waals surface area contributed by atoms with Gasteiger partial charge in [-0.05, 0) is 79.4 Å². The van der Waals surface area contributed by atoms with Crippen LogP contribution in [0.5, 0.6) is 0 Å². The van der Waals surface area contributed by atoms with Crippen molar-refractivity contribution in [3.8, 4) is 11.8 Å². The van der Waals surface area contributed by atoms with Crippen LogP contribution in [0.15, 0.2) is 72.4 Å². The zero-order valence-corrected chi connectivity index (χ0v) is 25.2. The smallest absolute Gasteiger partial charge is 0.322 e. The van der Waals surface area contributed by atoms with E-state index in [1.165, 1.54) is 48.6 Å². The SMILES string of the molecule is Cc1ccc(C(=O)Nc2ccc(CN3CCN(C)CC3)c(C(F)(F)F)c2)cc1C#CC(=N)/C=C\C(=N)C1=CCC(C(F)(F)F)C=C1. The highest BCUT2D eigenvalue weighted by molar-refractivity contribution is 6.14. The molecule has 0 aromatic heterocycles. The number of carbonyl (C=O) groups is 1.